The van der Waals surface area contributed by atoms with E-state index in [2.05, 4.69) is 10.3 Å². The van der Waals surface area contributed by atoms with Crippen LogP contribution < -0.4 is 5.32 Å². The zero-order valence-electron chi connectivity index (χ0n) is 13.1. The van der Waals surface area contributed by atoms with Crippen molar-refractivity contribution in [1.82, 2.24) is 10.3 Å². The summed E-state index contributed by atoms with van der Waals surface area (Å²) in [6.45, 7) is 3.99. The largest absolute Gasteiger partial charge is 0.349 e. The highest BCUT2D eigenvalue weighted by Gasteiger charge is 2.17. The number of nitrogens with one attached hydrogen (secondary N) is 1. The maximum atomic E-state index is 12.4. The number of nitrogens with zero attached hydrogens (tertiary/aromatic N) is 1. The Morgan fingerprint density at radius 1 is 1.22 bits per heavy atom. The van der Waals surface area contributed by atoms with Gasteiger partial charge in [-0.15, -0.1) is 22.7 Å². The summed E-state index contributed by atoms with van der Waals surface area (Å²) in [5, 5.41) is 6.10. The maximum absolute atomic E-state index is 12.4. The molecule has 0 fully saturated rings. The first kappa shape index (κ1) is 15.9. The Morgan fingerprint density at radius 2 is 2.00 bits per heavy atom. The van der Waals surface area contributed by atoms with E-state index in [4.69, 9.17) is 0 Å². The number of hydrogen-bond acceptors (Lipinski definition) is 4. The number of aromatic nitrogens is 1. The van der Waals surface area contributed by atoms with Crippen LogP contribution >= 0.6 is 22.7 Å². The second-order valence-electron chi connectivity index (χ2n) is 5.36. The zero-order chi connectivity index (χ0) is 16.2. The molecule has 1 amide bonds. The van der Waals surface area contributed by atoms with E-state index < -0.39 is 0 Å². The summed E-state index contributed by atoms with van der Waals surface area (Å²) in [4.78, 5) is 19.1. The van der Waals surface area contributed by atoms with Crippen LogP contribution in [0.4, 0.5) is 0 Å². The third kappa shape index (κ3) is 3.86. The Morgan fingerprint density at radius 3 is 2.70 bits per heavy atom. The fourth-order valence-corrected chi connectivity index (χ4v) is 4.21. The van der Waals surface area contributed by atoms with E-state index in [9.17, 15) is 4.79 Å². The van der Waals surface area contributed by atoms with Gasteiger partial charge in [0.05, 0.1) is 28.0 Å². The van der Waals surface area contributed by atoms with E-state index >= 15 is 0 Å². The van der Waals surface area contributed by atoms with Crippen LogP contribution in [0, 0.1) is 6.92 Å². The third-order valence-electron chi connectivity index (χ3n) is 3.56. The molecule has 0 spiro atoms. The van der Waals surface area contributed by atoms with Crippen LogP contribution in [0.1, 0.15) is 28.4 Å². The van der Waals surface area contributed by atoms with Gasteiger partial charge >= 0.3 is 0 Å². The third-order valence-corrected chi connectivity index (χ3v) is 5.40. The molecular formula is C18H18N2OS2. The number of aryl methyl sites for hydroxylation is 1. The molecule has 0 aliphatic heterocycles. The van der Waals surface area contributed by atoms with Gasteiger partial charge in [-0.1, -0.05) is 36.4 Å². The predicted octanol–water partition coefficient (Wildman–Crippen LogP) is 4.60. The molecule has 118 valence electrons. The van der Waals surface area contributed by atoms with Crippen LogP contribution in [-0.2, 0) is 11.2 Å². The topological polar surface area (TPSA) is 42.0 Å². The van der Waals surface area contributed by atoms with E-state index in [-0.39, 0.29) is 11.9 Å². The molecule has 5 heteroatoms. The Balaban J connectivity index is 1.71. The average molecular weight is 342 g/mol. The molecule has 0 saturated heterocycles. The first-order valence-corrected chi connectivity index (χ1v) is 9.17. The van der Waals surface area contributed by atoms with Crippen LogP contribution in [0.25, 0.3) is 10.6 Å². The van der Waals surface area contributed by atoms with E-state index in [1.165, 1.54) is 0 Å². The highest BCUT2D eigenvalue weighted by Crippen LogP contribution is 2.31. The highest BCUT2D eigenvalue weighted by atomic mass is 32.1. The standard InChI is InChI=1S/C18H18N2OS2/c1-12(14-7-4-3-5-8-14)19-17(21)11-16-18(20-13(2)23-16)15-9-6-10-22-15/h3-10,12H,11H2,1-2H3,(H,19,21)/t12-/m1/s1. The summed E-state index contributed by atoms with van der Waals surface area (Å²) < 4.78 is 0. The van der Waals surface area contributed by atoms with Crippen molar-refractivity contribution < 1.29 is 4.79 Å². The van der Waals surface area contributed by atoms with Crippen LogP contribution in [0.5, 0.6) is 0 Å². The second kappa shape index (κ2) is 7.06. The number of carbonyl (C=O) groups excluding carboxylic acids is 1. The lowest BCUT2D eigenvalue weighted by Gasteiger charge is -2.14. The van der Waals surface area contributed by atoms with Crippen molar-refractivity contribution >= 4 is 28.6 Å². The molecule has 2 heterocycles. The molecule has 2 aromatic heterocycles. The molecule has 0 bridgehead atoms. The van der Waals surface area contributed by atoms with Gasteiger partial charge in [0.1, 0.15) is 0 Å². The number of thiazole rings is 1. The lowest BCUT2D eigenvalue weighted by Crippen LogP contribution is -2.27. The van der Waals surface area contributed by atoms with Gasteiger partial charge in [-0.3, -0.25) is 4.79 Å². The average Bonchev–Trinajstić information content (AvgIpc) is 3.17. The van der Waals surface area contributed by atoms with Crippen molar-refractivity contribution in [3.05, 3.63) is 63.3 Å². The minimum absolute atomic E-state index is 0.00269. The summed E-state index contributed by atoms with van der Waals surface area (Å²) in [7, 11) is 0. The molecule has 3 rings (SSSR count). The minimum atomic E-state index is 0.00269. The van der Waals surface area contributed by atoms with E-state index in [1.807, 2.05) is 61.7 Å². The summed E-state index contributed by atoms with van der Waals surface area (Å²) in [6, 6.07) is 14.1. The van der Waals surface area contributed by atoms with Crippen LogP contribution in [0.3, 0.4) is 0 Å². The van der Waals surface area contributed by atoms with Crippen molar-refractivity contribution in [1.29, 1.82) is 0 Å². The summed E-state index contributed by atoms with van der Waals surface area (Å²) in [5.41, 5.74) is 2.06. The maximum Gasteiger partial charge on any atom is 0.225 e. The smallest absolute Gasteiger partial charge is 0.225 e. The van der Waals surface area contributed by atoms with Crippen molar-refractivity contribution in [3.8, 4) is 10.6 Å². The van der Waals surface area contributed by atoms with Gasteiger partial charge in [0.2, 0.25) is 5.91 Å². The number of amides is 1. The summed E-state index contributed by atoms with van der Waals surface area (Å²) in [6.07, 6.45) is 0.371. The van der Waals surface area contributed by atoms with Crippen molar-refractivity contribution in [3.63, 3.8) is 0 Å². The fourth-order valence-electron chi connectivity index (χ4n) is 2.46. The Labute approximate surface area is 144 Å². The molecule has 0 aliphatic carbocycles. The quantitative estimate of drug-likeness (QED) is 0.736. The molecule has 1 atom stereocenters. The van der Waals surface area contributed by atoms with Gasteiger partial charge in [0, 0.05) is 4.88 Å². The fraction of sp³-hybridized carbons (Fsp3) is 0.222. The van der Waals surface area contributed by atoms with Crippen LogP contribution in [-0.4, -0.2) is 10.9 Å². The van der Waals surface area contributed by atoms with Gasteiger partial charge in [-0.2, -0.15) is 0 Å². The number of rotatable bonds is 5. The Kier molecular flexibility index (Phi) is 4.88. The lowest BCUT2D eigenvalue weighted by molar-refractivity contribution is -0.121. The Bertz CT molecular complexity index is 779. The number of carbonyl (C=O) groups is 1. The Hall–Kier alpha value is -1.98. The molecule has 0 saturated carbocycles. The SMILES string of the molecule is Cc1nc(-c2cccs2)c(CC(=O)N[C@H](C)c2ccccc2)s1. The molecule has 1 aromatic carbocycles. The van der Waals surface area contributed by atoms with E-state index in [0.717, 1.165) is 26.0 Å². The van der Waals surface area contributed by atoms with E-state index in [0.29, 0.717) is 6.42 Å². The van der Waals surface area contributed by atoms with Crippen molar-refractivity contribution in [2.45, 2.75) is 26.3 Å². The number of thiophene rings is 1. The zero-order valence-corrected chi connectivity index (χ0v) is 14.7. The van der Waals surface area contributed by atoms with Crippen LogP contribution in [0.15, 0.2) is 47.8 Å². The summed E-state index contributed by atoms with van der Waals surface area (Å²) >= 11 is 3.25. The molecule has 3 nitrogen and oxygen atoms in total. The van der Waals surface area contributed by atoms with Gasteiger partial charge in [-0.05, 0) is 30.9 Å². The van der Waals surface area contributed by atoms with Gasteiger partial charge in [0.15, 0.2) is 0 Å². The predicted molar refractivity (Wildman–Crippen MR) is 96.9 cm³/mol. The highest BCUT2D eigenvalue weighted by molar-refractivity contribution is 7.15. The van der Waals surface area contributed by atoms with Gasteiger partial charge in [-0.25, -0.2) is 4.98 Å². The molecule has 23 heavy (non-hydrogen) atoms. The molecule has 0 radical (unpaired) electrons. The van der Waals surface area contributed by atoms with Crippen molar-refractivity contribution in [2.75, 3.05) is 0 Å². The monoisotopic (exact) mass is 342 g/mol. The molecule has 0 unspecified atom stereocenters. The molecule has 3 aromatic rings. The first-order valence-electron chi connectivity index (χ1n) is 7.48. The first-order chi connectivity index (χ1) is 11.1. The van der Waals surface area contributed by atoms with Gasteiger partial charge < -0.3 is 5.32 Å². The van der Waals surface area contributed by atoms with Gasteiger partial charge in [0.25, 0.3) is 0 Å². The molecule has 0 aliphatic rings. The van der Waals surface area contributed by atoms with Crippen molar-refractivity contribution in [2.24, 2.45) is 0 Å². The molecule has 1 N–H and O–H groups in total. The molecular weight excluding hydrogens is 324 g/mol. The van der Waals surface area contributed by atoms with E-state index in [1.54, 1.807) is 22.7 Å². The second-order valence-corrected chi connectivity index (χ2v) is 7.59. The normalized spacial score (nSPS) is 12.1. The van der Waals surface area contributed by atoms with Crippen LogP contribution in [0.2, 0.25) is 0 Å². The lowest BCUT2D eigenvalue weighted by atomic mass is 10.1. The number of benzene rings is 1. The number of hydrogen-bond donors (Lipinski definition) is 1. The minimum Gasteiger partial charge on any atom is -0.349 e. The summed E-state index contributed by atoms with van der Waals surface area (Å²) in [5.74, 6) is 0.0304.